The van der Waals surface area contributed by atoms with Crippen LogP contribution in [0.25, 0.3) is 15.7 Å². The van der Waals surface area contributed by atoms with Crippen LogP contribution in [0.1, 0.15) is 28.0 Å². The van der Waals surface area contributed by atoms with E-state index in [9.17, 15) is 9.18 Å². The molecule has 0 fully saturated rings. The highest BCUT2D eigenvalue weighted by molar-refractivity contribution is 7.98. The Morgan fingerprint density at radius 3 is 3.00 bits per heavy atom. The number of halogens is 1. The highest BCUT2D eigenvalue weighted by Crippen LogP contribution is 2.28. The number of pyridine rings is 1. The van der Waals surface area contributed by atoms with Gasteiger partial charge in [0.2, 0.25) is 0 Å². The van der Waals surface area contributed by atoms with Crippen LogP contribution in [-0.2, 0) is 0 Å². The summed E-state index contributed by atoms with van der Waals surface area (Å²) in [6, 6.07) is 11.9. The fourth-order valence-corrected chi connectivity index (χ4v) is 4.42. The molecule has 1 unspecified atom stereocenters. The highest BCUT2D eigenvalue weighted by atomic mass is 32.2. The summed E-state index contributed by atoms with van der Waals surface area (Å²) in [5.41, 5.74) is 0.736. The molecule has 1 aromatic carbocycles. The van der Waals surface area contributed by atoms with Gasteiger partial charge in [-0.2, -0.15) is 11.8 Å². The van der Waals surface area contributed by atoms with Crippen LogP contribution >= 0.6 is 23.1 Å². The van der Waals surface area contributed by atoms with Crippen LogP contribution in [0.2, 0.25) is 0 Å². The molecule has 4 aromatic rings. The van der Waals surface area contributed by atoms with E-state index in [0.717, 1.165) is 22.5 Å². The lowest BCUT2D eigenvalue weighted by atomic mass is 10.2. The molecule has 5 nitrogen and oxygen atoms in total. The molecule has 8 heteroatoms. The van der Waals surface area contributed by atoms with Crippen molar-refractivity contribution in [1.29, 1.82) is 0 Å². The molecular weight excluding hydrogens is 383 g/mol. The van der Waals surface area contributed by atoms with E-state index in [1.54, 1.807) is 23.9 Å². The molecule has 0 radical (unpaired) electrons. The Balaban J connectivity index is 1.64. The van der Waals surface area contributed by atoms with Gasteiger partial charge >= 0.3 is 0 Å². The molecule has 0 bridgehead atoms. The van der Waals surface area contributed by atoms with Crippen molar-refractivity contribution in [1.82, 2.24) is 19.9 Å². The van der Waals surface area contributed by atoms with Gasteiger partial charge in [0, 0.05) is 16.3 Å². The molecule has 3 heterocycles. The van der Waals surface area contributed by atoms with E-state index in [0.29, 0.717) is 16.1 Å². The molecule has 0 aliphatic heterocycles. The van der Waals surface area contributed by atoms with Gasteiger partial charge in [-0.05, 0) is 48.8 Å². The van der Waals surface area contributed by atoms with Gasteiger partial charge in [-0.15, -0.1) is 21.5 Å². The largest absolute Gasteiger partial charge is 0.341 e. The fourth-order valence-electron chi connectivity index (χ4n) is 2.97. The van der Waals surface area contributed by atoms with Crippen molar-refractivity contribution < 1.29 is 9.18 Å². The van der Waals surface area contributed by atoms with E-state index in [2.05, 4.69) is 15.5 Å². The number of carbonyl (C=O) groups excluding carboxylic acids is 1. The van der Waals surface area contributed by atoms with Crippen molar-refractivity contribution in [2.75, 3.05) is 12.0 Å². The van der Waals surface area contributed by atoms with Gasteiger partial charge < -0.3 is 5.32 Å². The molecule has 3 aromatic heterocycles. The van der Waals surface area contributed by atoms with Crippen molar-refractivity contribution in [2.24, 2.45) is 0 Å². The van der Waals surface area contributed by atoms with Gasteiger partial charge in [0.05, 0.1) is 10.9 Å². The zero-order valence-corrected chi connectivity index (χ0v) is 16.2. The van der Waals surface area contributed by atoms with E-state index < -0.39 is 0 Å². The van der Waals surface area contributed by atoms with Gasteiger partial charge in [-0.3, -0.25) is 9.20 Å². The van der Waals surface area contributed by atoms with Crippen molar-refractivity contribution in [3.63, 3.8) is 0 Å². The first kappa shape index (κ1) is 17.9. The molecule has 1 atom stereocenters. The minimum atomic E-state index is -0.315. The number of thiophene rings is 1. The molecule has 0 saturated carbocycles. The van der Waals surface area contributed by atoms with Crippen molar-refractivity contribution in [3.05, 3.63) is 65.2 Å². The van der Waals surface area contributed by atoms with E-state index >= 15 is 0 Å². The number of nitrogens with zero attached hydrogens (tertiary/aromatic N) is 3. The predicted molar refractivity (Wildman–Crippen MR) is 108 cm³/mol. The maximum Gasteiger partial charge on any atom is 0.261 e. The summed E-state index contributed by atoms with van der Waals surface area (Å²) >= 11 is 2.99. The zero-order valence-electron chi connectivity index (χ0n) is 14.6. The number of hydrogen-bond acceptors (Lipinski definition) is 5. The van der Waals surface area contributed by atoms with E-state index in [1.165, 1.54) is 17.4 Å². The molecule has 138 valence electrons. The average Bonchev–Trinajstić information content (AvgIpc) is 3.30. The molecule has 1 N–H and O–H groups in total. The Kier molecular flexibility index (Phi) is 5.09. The molecule has 0 spiro atoms. The minimum absolute atomic E-state index is 0.227. The first-order valence-corrected chi connectivity index (χ1v) is 10.7. The van der Waals surface area contributed by atoms with E-state index in [-0.39, 0.29) is 17.8 Å². The Hall–Kier alpha value is -2.45. The lowest BCUT2D eigenvalue weighted by Crippen LogP contribution is -2.29. The van der Waals surface area contributed by atoms with Gasteiger partial charge in [0.1, 0.15) is 5.82 Å². The van der Waals surface area contributed by atoms with Crippen LogP contribution < -0.4 is 5.32 Å². The lowest BCUT2D eigenvalue weighted by Gasteiger charge is -2.16. The topological polar surface area (TPSA) is 59.3 Å². The molecule has 4 rings (SSSR count). The number of fused-ring (bicyclic) bond motifs is 2. The summed E-state index contributed by atoms with van der Waals surface area (Å²) in [5.74, 6) is 1.02. The van der Waals surface area contributed by atoms with Crippen molar-refractivity contribution >= 4 is 44.7 Å². The third-order valence-corrected chi connectivity index (χ3v) is 6.04. The van der Waals surface area contributed by atoms with E-state index in [1.807, 2.05) is 41.1 Å². The quantitative estimate of drug-likeness (QED) is 0.524. The number of hydrogen-bond donors (Lipinski definition) is 1. The number of aromatic nitrogens is 3. The standard InChI is InChI=1S/C19H17FN4OS2/c1-26-10-8-14(18-23-22-17-7-2-3-9-24(17)18)21-19(25)16-11-12-13(20)5-4-6-15(12)27-16/h2-7,9,11,14H,8,10H2,1H3,(H,21,25). The van der Waals surface area contributed by atoms with Gasteiger partial charge in [-0.1, -0.05) is 12.1 Å². The predicted octanol–water partition coefficient (Wildman–Crippen LogP) is 4.31. The Bertz CT molecular complexity index is 1110. The molecule has 0 saturated heterocycles. The summed E-state index contributed by atoms with van der Waals surface area (Å²) in [6.07, 6.45) is 4.63. The number of amides is 1. The average molecular weight is 401 g/mol. The second-order valence-corrected chi connectivity index (χ2v) is 8.13. The smallest absolute Gasteiger partial charge is 0.261 e. The van der Waals surface area contributed by atoms with Crippen LogP contribution in [0.15, 0.2) is 48.7 Å². The number of benzene rings is 1. The van der Waals surface area contributed by atoms with Crippen molar-refractivity contribution in [2.45, 2.75) is 12.5 Å². The Morgan fingerprint density at radius 1 is 1.30 bits per heavy atom. The van der Waals surface area contributed by atoms with Crippen LogP contribution in [-0.4, -0.2) is 32.5 Å². The van der Waals surface area contributed by atoms with E-state index in [4.69, 9.17) is 0 Å². The van der Waals surface area contributed by atoms with Crippen LogP contribution in [0.5, 0.6) is 0 Å². The number of thioether (sulfide) groups is 1. The first-order valence-electron chi connectivity index (χ1n) is 8.45. The number of rotatable bonds is 6. The SMILES string of the molecule is CSCCC(NC(=O)c1cc2c(F)cccc2s1)c1nnc2ccccn12. The second-order valence-electron chi connectivity index (χ2n) is 6.06. The van der Waals surface area contributed by atoms with Crippen LogP contribution in [0.3, 0.4) is 0 Å². The maximum atomic E-state index is 13.9. The summed E-state index contributed by atoms with van der Waals surface area (Å²) in [7, 11) is 0. The second kappa shape index (κ2) is 7.66. The molecule has 27 heavy (non-hydrogen) atoms. The molecule has 1 amide bonds. The summed E-state index contributed by atoms with van der Waals surface area (Å²) in [4.78, 5) is 13.3. The maximum absolute atomic E-state index is 13.9. The monoisotopic (exact) mass is 400 g/mol. The summed E-state index contributed by atoms with van der Waals surface area (Å²) < 4.78 is 16.6. The number of nitrogens with one attached hydrogen (secondary N) is 1. The number of carbonyl (C=O) groups is 1. The fraction of sp³-hybridized carbons (Fsp3) is 0.211. The van der Waals surface area contributed by atoms with Crippen LogP contribution in [0.4, 0.5) is 4.39 Å². The lowest BCUT2D eigenvalue weighted by molar-refractivity contribution is 0.0938. The van der Waals surface area contributed by atoms with Crippen LogP contribution in [0, 0.1) is 5.82 Å². The normalized spacial score (nSPS) is 12.5. The zero-order chi connectivity index (χ0) is 18.8. The first-order chi connectivity index (χ1) is 13.2. The Morgan fingerprint density at radius 2 is 2.19 bits per heavy atom. The summed E-state index contributed by atoms with van der Waals surface area (Å²) in [5, 5.41) is 12.0. The summed E-state index contributed by atoms with van der Waals surface area (Å²) in [6.45, 7) is 0. The highest BCUT2D eigenvalue weighted by Gasteiger charge is 2.22. The molecule has 0 aliphatic carbocycles. The van der Waals surface area contributed by atoms with Gasteiger partial charge in [0.15, 0.2) is 11.5 Å². The van der Waals surface area contributed by atoms with Crippen molar-refractivity contribution in [3.8, 4) is 0 Å². The third kappa shape index (κ3) is 3.54. The minimum Gasteiger partial charge on any atom is -0.341 e. The van der Waals surface area contributed by atoms with Gasteiger partial charge in [-0.25, -0.2) is 4.39 Å². The third-order valence-electron chi connectivity index (χ3n) is 4.30. The Labute approximate surface area is 163 Å². The molecule has 0 aliphatic rings. The molecular formula is C19H17FN4OS2. The van der Waals surface area contributed by atoms with Gasteiger partial charge in [0.25, 0.3) is 5.91 Å².